The molecule has 17 heavy (non-hydrogen) atoms. The molecule has 4 heteroatoms. The van der Waals surface area contributed by atoms with E-state index in [4.69, 9.17) is 0 Å². The second kappa shape index (κ2) is 5.02. The van der Waals surface area contributed by atoms with E-state index in [1.807, 2.05) is 13.2 Å². The molecule has 1 heterocycles. The van der Waals surface area contributed by atoms with Gasteiger partial charge in [0.2, 0.25) is 0 Å². The molecule has 1 N–H and O–H groups in total. The Morgan fingerprint density at radius 3 is 2.88 bits per heavy atom. The van der Waals surface area contributed by atoms with Crippen LogP contribution in [-0.2, 0) is 13.6 Å². The monoisotopic (exact) mass is 293 g/mol. The minimum atomic E-state index is 0.781. The van der Waals surface area contributed by atoms with Crippen molar-refractivity contribution in [2.45, 2.75) is 13.5 Å². The third-order valence-electron chi connectivity index (χ3n) is 2.89. The van der Waals surface area contributed by atoms with Crippen molar-refractivity contribution in [3.8, 4) is 11.3 Å². The number of benzene rings is 1. The number of hydrogen-bond donors (Lipinski definition) is 1. The van der Waals surface area contributed by atoms with Crippen LogP contribution in [0.25, 0.3) is 11.3 Å². The summed E-state index contributed by atoms with van der Waals surface area (Å²) in [5.41, 5.74) is 3.62. The molecule has 0 amide bonds. The van der Waals surface area contributed by atoms with E-state index in [0.29, 0.717) is 0 Å². The lowest BCUT2D eigenvalue weighted by atomic mass is 10.1. The van der Waals surface area contributed by atoms with Crippen LogP contribution in [0.15, 0.2) is 28.9 Å². The summed E-state index contributed by atoms with van der Waals surface area (Å²) >= 11 is 3.51. The van der Waals surface area contributed by atoms with E-state index in [-0.39, 0.29) is 0 Å². The van der Waals surface area contributed by atoms with E-state index in [9.17, 15) is 0 Å². The number of aryl methyl sites for hydroxylation is 1. The van der Waals surface area contributed by atoms with Gasteiger partial charge in [0.25, 0.3) is 0 Å². The highest BCUT2D eigenvalue weighted by Crippen LogP contribution is 2.26. The zero-order valence-electron chi connectivity index (χ0n) is 10.3. The Hall–Kier alpha value is -1.13. The minimum absolute atomic E-state index is 0.781. The van der Waals surface area contributed by atoms with Gasteiger partial charge in [0.1, 0.15) is 5.82 Å². The first kappa shape index (κ1) is 12.3. The molecule has 1 aromatic heterocycles. The van der Waals surface area contributed by atoms with Crippen LogP contribution in [0.5, 0.6) is 0 Å². The molecule has 3 nitrogen and oxygen atoms in total. The molecule has 1 aromatic carbocycles. The van der Waals surface area contributed by atoms with Crippen molar-refractivity contribution in [1.29, 1.82) is 0 Å². The molecule has 0 unspecified atom stereocenters. The van der Waals surface area contributed by atoms with Crippen molar-refractivity contribution >= 4 is 15.9 Å². The van der Waals surface area contributed by atoms with Gasteiger partial charge in [-0.1, -0.05) is 22.0 Å². The number of imidazole rings is 1. The van der Waals surface area contributed by atoms with Gasteiger partial charge < -0.3 is 9.88 Å². The number of rotatable bonds is 3. The van der Waals surface area contributed by atoms with Crippen LogP contribution >= 0.6 is 15.9 Å². The highest BCUT2D eigenvalue weighted by molar-refractivity contribution is 9.10. The van der Waals surface area contributed by atoms with Crippen LogP contribution < -0.4 is 5.32 Å². The predicted octanol–water partition coefficient (Wildman–Crippen LogP) is 2.88. The van der Waals surface area contributed by atoms with Gasteiger partial charge in [-0.2, -0.15) is 0 Å². The normalized spacial score (nSPS) is 10.8. The van der Waals surface area contributed by atoms with Crippen molar-refractivity contribution < 1.29 is 0 Å². The van der Waals surface area contributed by atoms with Crippen LogP contribution in [0.2, 0.25) is 0 Å². The number of nitrogens with one attached hydrogen (secondary N) is 1. The fourth-order valence-electron chi connectivity index (χ4n) is 1.89. The molecular formula is C13H16BrN3. The van der Waals surface area contributed by atoms with Crippen LogP contribution in [0.1, 0.15) is 11.4 Å². The Balaban J connectivity index is 2.49. The number of nitrogens with zero attached hydrogens (tertiary/aromatic N) is 2. The highest BCUT2D eigenvalue weighted by Gasteiger charge is 2.10. The van der Waals surface area contributed by atoms with Crippen molar-refractivity contribution in [1.82, 2.24) is 14.9 Å². The van der Waals surface area contributed by atoms with Crippen molar-refractivity contribution in [2.75, 3.05) is 7.05 Å². The Labute approximate surface area is 110 Å². The van der Waals surface area contributed by atoms with Gasteiger partial charge in [0.05, 0.1) is 18.4 Å². The first-order valence-corrected chi connectivity index (χ1v) is 6.34. The second-order valence-electron chi connectivity index (χ2n) is 4.11. The molecule has 0 saturated carbocycles. The fourth-order valence-corrected chi connectivity index (χ4v) is 2.25. The van der Waals surface area contributed by atoms with Gasteiger partial charge in [-0.15, -0.1) is 0 Å². The largest absolute Gasteiger partial charge is 0.330 e. The number of halogens is 1. The molecule has 0 bridgehead atoms. The van der Waals surface area contributed by atoms with E-state index in [1.165, 1.54) is 11.1 Å². The summed E-state index contributed by atoms with van der Waals surface area (Å²) in [4.78, 5) is 4.44. The van der Waals surface area contributed by atoms with Crippen LogP contribution in [0.3, 0.4) is 0 Å². The second-order valence-corrected chi connectivity index (χ2v) is 5.02. The van der Waals surface area contributed by atoms with Crippen LogP contribution in [-0.4, -0.2) is 16.6 Å². The fraction of sp³-hybridized carbons (Fsp3) is 0.308. The minimum Gasteiger partial charge on any atom is -0.330 e. The SMILES string of the molecule is CNCc1ncc(-c2cc(Br)ccc2C)n1C. The van der Waals surface area contributed by atoms with Gasteiger partial charge in [-0.25, -0.2) is 4.98 Å². The van der Waals surface area contributed by atoms with Crippen molar-refractivity contribution in [3.63, 3.8) is 0 Å². The summed E-state index contributed by atoms with van der Waals surface area (Å²) in [5.74, 6) is 1.04. The van der Waals surface area contributed by atoms with Gasteiger partial charge in [0, 0.05) is 17.1 Å². The number of aromatic nitrogens is 2. The third kappa shape index (κ3) is 2.42. The third-order valence-corrected chi connectivity index (χ3v) is 3.39. The Morgan fingerprint density at radius 2 is 2.18 bits per heavy atom. The van der Waals surface area contributed by atoms with E-state index >= 15 is 0 Å². The topological polar surface area (TPSA) is 29.9 Å². The van der Waals surface area contributed by atoms with E-state index in [0.717, 1.165) is 22.5 Å². The van der Waals surface area contributed by atoms with Gasteiger partial charge in [-0.3, -0.25) is 0 Å². The average molecular weight is 294 g/mol. The van der Waals surface area contributed by atoms with Crippen LogP contribution in [0, 0.1) is 6.92 Å². The Morgan fingerprint density at radius 1 is 1.41 bits per heavy atom. The molecule has 0 aliphatic carbocycles. The van der Waals surface area contributed by atoms with Crippen molar-refractivity contribution in [2.24, 2.45) is 7.05 Å². The molecule has 0 spiro atoms. The summed E-state index contributed by atoms with van der Waals surface area (Å²) < 4.78 is 3.22. The molecule has 90 valence electrons. The summed E-state index contributed by atoms with van der Waals surface area (Å²) in [7, 11) is 3.98. The average Bonchev–Trinajstić information content (AvgIpc) is 2.65. The quantitative estimate of drug-likeness (QED) is 0.943. The Bertz CT molecular complexity index is 531. The lowest BCUT2D eigenvalue weighted by Crippen LogP contribution is -2.10. The standard InChI is InChI=1S/C13H16BrN3/c1-9-4-5-10(14)6-11(9)12-7-16-13(8-15-2)17(12)3/h4-7,15H,8H2,1-3H3. The summed E-state index contributed by atoms with van der Waals surface area (Å²) in [6.45, 7) is 2.90. The molecule has 0 saturated heterocycles. The first-order valence-electron chi connectivity index (χ1n) is 5.55. The van der Waals surface area contributed by atoms with E-state index < -0.39 is 0 Å². The molecule has 0 radical (unpaired) electrons. The molecule has 0 aliphatic heterocycles. The van der Waals surface area contributed by atoms with Crippen LogP contribution in [0.4, 0.5) is 0 Å². The van der Waals surface area contributed by atoms with Gasteiger partial charge >= 0.3 is 0 Å². The molecule has 0 atom stereocenters. The maximum Gasteiger partial charge on any atom is 0.122 e. The maximum absolute atomic E-state index is 4.44. The smallest absolute Gasteiger partial charge is 0.122 e. The molecule has 2 aromatic rings. The molecule has 0 fully saturated rings. The highest BCUT2D eigenvalue weighted by atomic mass is 79.9. The Kier molecular flexibility index (Phi) is 3.64. The zero-order chi connectivity index (χ0) is 12.4. The van der Waals surface area contributed by atoms with Gasteiger partial charge in [-0.05, 0) is 31.7 Å². The maximum atomic E-state index is 4.44. The van der Waals surface area contributed by atoms with Crippen molar-refractivity contribution in [3.05, 3.63) is 40.3 Å². The van der Waals surface area contributed by atoms with Gasteiger partial charge in [0.15, 0.2) is 0 Å². The zero-order valence-corrected chi connectivity index (χ0v) is 11.9. The summed E-state index contributed by atoms with van der Waals surface area (Å²) in [5, 5.41) is 3.12. The summed E-state index contributed by atoms with van der Waals surface area (Å²) in [6.07, 6.45) is 1.93. The van der Waals surface area contributed by atoms with E-state index in [2.05, 4.69) is 63.0 Å². The molecule has 0 aliphatic rings. The lowest BCUT2D eigenvalue weighted by molar-refractivity contribution is 0.712. The lowest BCUT2D eigenvalue weighted by Gasteiger charge is -2.09. The summed E-state index contributed by atoms with van der Waals surface area (Å²) in [6, 6.07) is 6.31. The first-order chi connectivity index (χ1) is 8.13. The predicted molar refractivity (Wildman–Crippen MR) is 73.8 cm³/mol. The molecule has 2 rings (SSSR count). The van der Waals surface area contributed by atoms with E-state index in [1.54, 1.807) is 0 Å². The molecular weight excluding hydrogens is 278 g/mol. The number of hydrogen-bond acceptors (Lipinski definition) is 2.